The predicted octanol–water partition coefficient (Wildman–Crippen LogP) is 1.05. The van der Waals surface area contributed by atoms with E-state index < -0.39 is 29.2 Å². The molecule has 7 heteroatoms. The molecular weight excluding hydrogens is 220 g/mol. The first-order valence-electron chi connectivity index (χ1n) is 4.16. The van der Waals surface area contributed by atoms with Gasteiger partial charge in [0.05, 0.1) is 11.1 Å². The Bertz CT molecular complexity index is 469. The number of rotatable bonds is 3. The minimum atomic E-state index is -3.08. The average Bonchev–Trinajstić information content (AvgIpc) is 2.26. The Morgan fingerprint density at radius 1 is 1.69 bits per heavy atom. The van der Waals surface area contributed by atoms with Crippen molar-refractivity contribution < 1.29 is 18.7 Å². The van der Waals surface area contributed by atoms with Gasteiger partial charge in [-0.1, -0.05) is 0 Å². The Morgan fingerprint density at radius 2 is 2.31 bits per heavy atom. The lowest BCUT2D eigenvalue weighted by molar-refractivity contribution is 0.0682. The molecule has 0 saturated heterocycles. The smallest absolute Gasteiger partial charge is 0.336 e. The highest BCUT2D eigenvalue weighted by molar-refractivity contribution is 5.91. The first-order chi connectivity index (χ1) is 7.52. The first kappa shape index (κ1) is 12.0. The Balaban J connectivity index is 3.61. The third-order valence-corrected chi connectivity index (χ3v) is 1.95. The molecule has 16 heavy (non-hydrogen) atoms. The predicted molar refractivity (Wildman–Crippen MR) is 48.8 cm³/mol. The summed E-state index contributed by atoms with van der Waals surface area (Å²) in [7, 11) is 0. The summed E-state index contributed by atoms with van der Waals surface area (Å²) in [6.45, 7) is -0.236. The van der Waals surface area contributed by atoms with E-state index in [1.165, 1.54) is 6.07 Å². The molecule has 0 bridgehead atoms. The van der Waals surface area contributed by atoms with Crippen molar-refractivity contribution in [3.63, 3.8) is 0 Å². The summed E-state index contributed by atoms with van der Waals surface area (Å²) < 4.78 is 25.3. The molecule has 0 aliphatic heterocycles. The number of carboxylic acid groups (broad SMARTS) is 1. The van der Waals surface area contributed by atoms with E-state index in [2.05, 4.69) is 4.98 Å². The van der Waals surface area contributed by atoms with E-state index in [9.17, 15) is 13.6 Å². The lowest BCUT2D eigenvalue weighted by Crippen LogP contribution is -2.13. The van der Waals surface area contributed by atoms with E-state index in [4.69, 9.17) is 16.1 Å². The summed E-state index contributed by atoms with van der Waals surface area (Å²) in [4.78, 5) is 14.3. The van der Waals surface area contributed by atoms with Crippen LogP contribution in [0.5, 0.6) is 0 Å². The topological polar surface area (TPSA) is 100 Å². The van der Waals surface area contributed by atoms with E-state index >= 15 is 0 Å². The van der Waals surface area contributed by atoms with Crippen molar-refractivity contribution in [2.75, 3.05) is 0 Å². The number of hydrogen-bond donors (Lipinski definition) is 2. The van der Waals surface area contributed by atoms with Gasteiger partial charge in [0.25, 0.3) is 6.43 Å². The van der Waals surface area contributed by atoms with Gasteiger partial charge in [0.2, 0.25) is 0 Å². The fourth-order valence-electron chi connectivity index (χ4n) is 1.28. The maximum atomic E-state index is 12.7. The van der Waals surface area contributed by atoms with Crippen LogP contribution < -0.4 is 5.73 Å². The Kier molecular flexibility index (Phi) is 3.48. The van der Waals surface area contributed by atoms with Crippen LogP contribution >= 0.6 is 0 Å². The fourth-order valence-corrected chi connectivity index (χ4v) is 1.28. The van der Waals surface area contributed by atoms with Crippen LogP contribution in [-0.2, 0) is 6.54 Å². The van der Waals surface area contributed by atoms with Gasteiger partial charge in [0.15, 0.2) is 0 Å². The molecule has 1 heterocycles. The largest absolute Gasteiger partial charge is 0.478 e. The lowest BCUT2D eigenvalue weighted by atomic mass is 10.0. The summed E-state index contributed by atoms with van der Waals surface area (Å²) in [6.07, 6.45) is -2.06. The molecule has 3 N–H and O–H groups in total. The van der Waals surface area contributed by atoms with Crippen LogP contribution in [0.3, 0.4) is 0 Å². The zero-order chi connectivity index (χ0) is 12.3. The maximum Gasteiger partial charge on any atom is 0.336 e. The molecule has 1 aromatic rings. The summed E-state index contributed by atoms with van der Waals surface area (Å²) in [5.41, 5.74) is 3.09. The van der Waals surface area contributed by atoms with Gasteiger partial charge in [-0.15, -0.1) is 0 Å². The summed E-state index contributed by atoms with van der Waals surface area (Å²) in [5.74, 6) is -1.55. The molecule has 5 nitrogen and oxygen atoms in total. The third-order valence-electron chi connectivity index (χ3n) is 1.95. The van der Waals surface area contributed by atoms with Crippen molar-refractivity contribution in [1.82, 2.24) is 4.98 Å². The van der Waals surface area contributed by atoms with Crippen LogP contribution in [0, 0.1) is 11.3 Å². The normalized spacial score (nSPS) is 10.2. The first-order valence-corrected chi connectivity index (χ1v) is 4.16. The molecule has 0 aromatic carbocycles. The van der Waals surface area contributed by atoms with Gasteiger partial charge in [-0.05, 0) is 5.56 Å². The number of nitrogens with zero attached hydrogens (tertiary/aromatic N) is 2. The van der Waals surface area contributed by atoms with Crippen LogP contribution in [0.15, 0.2) is 6.20 Å². The van der Waals surface area contributed by atoms with E-state index in [1.54, 1.807) is 0 Å². The van der Waals surface area contributed by atoms with Crippen molar-refractivity contribution in [3.8, 4) is 6.07 Å². The Morgan fingerprint density at radius 3 is 2.69 bits per heavy atom. The average molecular weight is 227 g/mol. The number of nitrogens with two attached hydrogens (primary N) is 1. The number of carboxylic acids is 1. The maximum absolute atomic E-state index is 12.7. The molecule has 1 aromatic heterocycles. The van der Waals surface area contributed by atoms with Crippen LogP contribution in [0.1, 0.15) is 33.6 Å². The zero-order valence-corrected chi connectivity index (χ0v) is 7.94. The van der Waals surface area contributed by atoms with Crippen molar-refractivity contribution >= 4 is 5.97 Å². The number of hydrogen-bond acceptors (Lipinski definition) is 4. The molecule has 0 atom stereocenters. The molecule has 0 amide bonds. The number of pyridine rings is 1. The van der Waals surface area contributed by atoms with Gasteiger partial charge in [-0.2, -0.15) is 5.26 Å². The summed E-state index contributed by atoms with van der Waals surface area (Å²) in [6, 6.07) is 1.43. The quantitative estimate of drug-likeness (QED) is 0.803. The minimum Gasteiger partial charge on any atom is -0.478 e. The van der Waals surface area contributed by atoms with Crippen LogP contribution in [0.2, 0.25) is 0 Å². The van der Waals surface area contributed by atoms with Crippen molar-refractivity contribution in [2.45, 2.75) is 13.0 Å². The molecule has 0 radical (unpaired) electrons. The number of halogens is 2. The zero-order valence-electron chi connectivity index (χ0n) is 7.94. The SMILES string of the molecule is N#Cc1ncc(CN)c(C(=O)O)c1C(F)F. The van der Waals surface area contributed by atoms with Gasteiger partial charge >= 0.3 is 5.97 Å². The number of aromatic carboxylic acids is 1. The lowest BCUT2D eigenvalue weighted by Gasteiger charge is -2.10. The Labute approximate surface area is 89.1 Å². The van der Waals surface area contributed by atoms with Gasteiger partial charge < -0.3 is 10.8 Å². The van der Waals surface area contributed by atoms with Gasteiger partial charge in [0, 0.05) is 12.7 Å². The molecule has 0 spiro atoms. The fraction of sp³-hybridized carbons (Fsp3) is 0.222. The molecule has 0 fully saturated rings. The number of alkyl halides is 2. The van der Waals surface area contributed by atoms with Crippen LogP contribution in [0.25, 0.3) is 0 Å². The molecule has 0 aliphatic carbocycles. The highest BCUT2D eigenvalue weighted by atomic mass is 19.3. The molecular formula is C9H7F2N3O2. The van der Waals surface area contributed by atoms with Crippen molar-refractivity contribution in [1.29, 1.82) is 5.26 Å². The monoisotopic (exact) mass is 227 g/mol. The molecule has 0 aliphatic rings. The van der Waals surface area contributed by atoms with Gasteiger partial charge in [0.1, 0.15) is 11.8 Å². The van der Waals surface area contributed by atoms with Gasteiger partial charge in [-0.3, -0.25) is 0 Å². The highest BCUT2D eigenvalue weighted by Crippen LogP contribution is 2.27. The van der Waals surface area contributed by atoms with E-state index in [1.807, 2.05) is 0 Å². The highest BCUT2D eigenvalue weighted by Gasteiger charge is 2.25. The molecule has 0 saturated carbocycles. The Hall–Kier alpha value is -2.07. The molecule has 1 rings (SSSR count). The summed E-state index contributed by atoms with van der Waals surface area (Å²) >= 11 is 0. The van der Waals surface area contributed by atoms with Crippen LogP contribution in [-0.4, -0.2) is 16.1 Å². The number of nitriles is 1. The van der Waals surface area contributed by atoms with E-state index in [-0.39, 0.29) is 12.1 Å². The third kappa shape index (κ3) is 1.97. The summed E-state index contributed by atoms with van der Waals surface area (Å²) in [5, 5.41) is 17.4. The van der Waals surface area contributed by atoms with E-state index in [0.717, 1.165) is 6.20 Å². The number of carbonyl (C=O) groups is 1. The molecule has 0 unspecified atom stereocenters. The van der Waals surface area contributed by atoms with Crippen LogP contribution in [0.4, 0.5) is 8.78 Å². The second-order valence-electron chi connectivity index (χ2n) is 2.84. The van der Waals surface area contributed by atoms with Gasteiger partial charge in [-0.25, -0.2) is 18.6 Å². The second-order valence-corrected chi connectivity index (χ2v) is 2.84. The minimum absolute atomic E-state index is 0.0261. The van der Waals surface area contributed by atoms with E-state index in [0.29, 0.717) is 0 Å². The van der Waals surface area contributed by atoms with Crippen molar-refractivity contribution in [3.05, 3.63) is 28.6 Å². The number of aromatic nitrogens is 1. The standard InChI is InChI=1S/C9H7F2N3O2/c10-8(11)7-5(2-13)14-3-4(1-12)6(7)9(15)16/h3,8H,1,12H2,(H,15,16). The van der Waals surface area contributed by atoms with Crippen molar-refractivity contribution in [2.24, 2.45) is 5.73 Å². The molecule has 84 valence electrons. The second kappa shape index (κ2) is 4.63.